The van der Waals surface area contributed by atoms with Crippen LogP contribution in [0.2, 0.25) is 0 Å². The highest BCUT2D eigenvalue weighted by Crippen LogP contribution is 2.51. The number of aldehydes is 1. The number of rotatable bonds is 10. The minimum atomic E-state index is -0.470. The van der Waals surface area contributed by atoms with Crippen molar-refractivity contribution in [1.29, 1.82) is 0 Å². The van der Waals surface area contributed by atoms with Crippen molar-refractivity contribution >= 4 is 29.7 Å². The average Bonchev–Trinajstić information content (AvgIpc) is 3.76. The summed E-state index contributed by atoms with van der Waals surface area (Å²) in [4.78, 5) is 37.2. The number of nitrogens with zero attached hydrogens (tertiary/aromatic N) is 1. The molecule has 0 aromatic heterocycles. The van der Waals surface area contributed by atoms with Crippen molar-refractivity contribution in [2.45, 2.75) is 63.0 Å². The van der Waals surface area contributed by atoms with Gasteiger partial charge in [0.1, 0.15) is 36.1 Å². The number of nitrogens with one attached hydrogen (secondary N) is 2. The first kappa shape index (κ1) is 31.9. The van der Waals surface area contributed by atoms with E-state index < -0.39 is 6.09 Å². The van der Waals surface area contributed by atoms with E-state index in [1.165, 1.54) is 0 Å². The molecule has 6 rings (SSSR count). The normalized spacial score (nSPS) is 23.8. The van der Waals surface area contributed by atoms with Crippen LogP contribution in [0.25, 0.3) is 11.1 Å². The lowest BCUT2D eigenvalue weighted by Crippen LogP contribution is -3.00. The summed E-state index contributed by atoms with van der Waals surface area (Å²) in [5, 5.41) is 5.89. The Morgan fingerprint density at radius 3 is 2.39 bits per heavy atom. The third kappa shape index (κ3) is 6.62. The number of anilines is 2. The molecular weight excluding hydrogens is 673 g/mol. The zero-order chi connectivity index (χ0) is 30.1. The fraction of sp³-hybridized carbons (Fsp3) is 0.382. The number of quaternary nitrogens is 1. The van der Waals surface area contributed by atoms with E-state index in [4.69, 9.17) is 14.2 Å². The van der Waals surface area contributed by atoms with Crippen LogP contribution >= 0.6 is 0 Å². The van der Waals surface area contributed by atoms with Gasteiger partial charge in [0.25, 0.3) is 0 Å². The van der Waals surface area contributed by atoms with Crippen LogP contribution < -0.4 is 39.3 Å². The first-order valence-electron chi connectivity index (χ1n) is 14.9. The Hall–Kier alpha value is -3.48. The molecule has 3 heterocycles. The number of ether oxygens (including phenoxy) is 3. The van der Waals surface area contributed by atoms with E-state index in [2.05, 4.69) is 24.7 Å². The molecule has 2 amide bonds. The van der Waals surface area contributed by atoms with E-state index in [1.54, 1.807) is 18.2 Å². The highest BCUT2D eigenvalue weighted by molar-refractivity contribution is 5.93. The van der Waals surface area contributed by atoms with Crippen molar-refractivity contribution in [1.82, 2.24) is 0 Å². The van der Waals surface area contributed by atoms with Gasteiger partial charge in [-0.3, -0.25) is 14.9 Å². The van der Waals surface area contributed by atoms with Crippen molar-refractivity contribution in [2.75, 3.05) is 31.3 Å². The van der Waals surface area contributed by atoms with Gasteiger partial charge < -0.3 is 48.0 Å². The second kappa shape index (κ2) is 13.3. The van der Waals surface area contributed by atoms with Gasteiger partial charge in [0.2, 0.25) is 5.91 Å². The number of likely N-dealkylation sites (N-methyl/N-ethyl adjacent to an activating group) is 1. The third-order valence-electron chi connectivity index (χ3n) is 9.08. The highest BCUT2D eigenvalue weighted by Gasteiger charge is 2.70. The Morgan fingerprint density at radius 1 is 0.977 bits per heavy atom. The van der Waals surface area contributed by atoms with Crippen LogP contribution in [0.1, 0.15) is 42.1 Å². The Labute approximate surface area is 274 Å². The number of halogens is 1. The third-order valence-corrected chi connectivity index (χ3v) is 9.08. The Kier molecular flexibility index (Phi) is 9.62. The van der Waals surface area contributed by atoms with E-state index in [9.17, 15) is 14.4 Å². The number of carbonyl (C=O) groups is 3. The number of morpholine rings is 1. The summed E-state index contributed by atoms with van der Waals surface area (Å²) in [6, 6.07) is 21.4. The number of hydrogen-bond acceptors (Lipinski definition) is 6. The molecule has 0 spiro atoms. The fourth-order valence-electron chi connectivity index (χ4n) is 6.78. The van der Waals surface area contributed by atoms with E-state index in [-0.39, 0.29) is 54.6 Å². The minimum absolute atomic E-state index is 0. The summed E-state index contributed by atoms with van der Waals surface area (Å²) in [5.74, 6) is 0.265. The molecule has 3 aliphatic heterocycles. The van der Waals surface area contributed by atoms with Crippen molar-refractivity contribution in [3.8, 4) is 16.9 Å². The lowest BCUT2D eigenvalue weighted by molar-refractivity contribution is -0.938. The predicted octanol–water partition coefficient (Wildman–Crippen LogP) is 2.45. The molecule has 3 saturated heterocycles. The monoisotopic (exact) mass is 711 g/mol. The zero-order valence-electron chi connectivity index (χ0n) is 25.1. The smallest absolute Gasteiger partial charge is 0.411 e. The van der Waals surface area contributed by atoms with Crippen LogP contribution in [0.5, 0.6) is 5.75 Å². The summed E-state index contributed by atoms with van der Waals surface area (Å²) >= 11 is 0. The largest absolute Gasteiger partial charge is 1.00 e. The van der Waals surface area contributed by atoms with Crippen LogP contribution in [0.15, 0.2) is 66.7 Å². The summed E-state index contributed by atoms with van der Waals surface area (Å²) in [5.41, 5.74) is 4.38. The second-order valence-electron chi connectivity index (χ2n) is 12.1. The highest BCUT2D eigenvalue weighted by atomic mass is 127. The van der Waals surface area contributed by atoms with Crippen molar-refractivity contribution in [3.05, 3.63) is 77.9 Å². The van der Waals surface area contributed by atoms with Gasteiger partial charge in [-0.2, -0.15) is 0 Å². The molecule has 44 heavy (non-hydrogen) atoms. The predicted molar refractivity (Wildman–Crippen MR) is 163 cm³/mol. The number of carbonyl (C=O) groups excluding carboxylic acids is 3. The van der Waals surface area contributed by atoms with Gasteiger partial charge >= 0.3 is 6.09 Å². The molecule has 9 nitrogen and oxygen atoms in total. The molecular formula is C34H38IN3O6. The maximum absolute atomic E-state index is 13.2. The summed E-state index contributed by atoms with van der Waals surface area (Å²) < 4.78 is 18.3. The second-order valence-corrected chi connectivity index (χ2v) is 12.1. The average molecular weight is 712 g/mol. The number of epoxide rings is 1. The first-order valence-corrected chi connectivity index (χ1v) is 14.9. The number of hydrogen-bond donors (Lipinski definition) is 2. The number of fused-ring (bicyclic) bond motifs is 5. The number of amides is 2. The Morgan fingerprint density at radius 2 is 1.70 bits per heavy atom. The van der Waals surface area contributed by atoms with Crippen molar-refractivity contribution in [3.63, 3.8) is 0 Å². The van der Waals surface area contributed by atoms with Crippen molar-refractivity contribution < 1.29 is 57.1 Å². The molecule has 2 N–H and O–H groups in total. The molecule has 0 saturated carbocycles. The van der Waals surface area contributed by atoms with Crippen LogP contribution in [0, 0.1) is 0 Å². The summed E-state index contributed by atoms with van der Waals surface area (Å²) in [7, 11) is 4.50. The number of benzene rings is 3. The van der Waals surface area contributed by atoms with Crippen LogP contribution in [0.4, 0.5) is 16.2 Å². The minimum Gasteiger partial charge on any atom is -1.00 e. The van der Waals surface area contributed by atoms with E-state index in [0.717, 1.165) is 40.3 Å². The van der Waals surface area contributed by atoms with Gasteiger partial charge in [0, 0.05) is 36.6 Å². The summed E-state index contributed by atoms with van der Waals surface area (Å²) in [6.07, 6.45) is 2.98. The van der Waals surface area contributed by atoms with Crippen LogP contribution in [0.3, 0.4) is 0 Å². The molecule has 10 heteroatoms. The quantitative estimate of drug-likeness (QED) is 0.145. The molecule has 3 aromatic rings. The standard InChI is InChI=1S/C34H37N3O6.HI/c1-4-41-30-17-24(13-12-23(30)20-38)35-31(39)15-11-21-10-14-26(22-8-6-5-7-9-22)27(16-21)36-34(40)42-25-18-28-32-33(43-32)29(19-25)37(28,2)3;/h5-10,12-14,16-17,20,25,28-29,32-33H,4,11,15,18-19H2,1-3H3,(H-,35,36,38,39,40);1H/t25-,28-,29+,32-,33+;. The molecule has 0 unspecified atom stereocenters. The Balaban J connectivity index is 0.00000384. The maximum Gasteiger partial charge on any atom is 0.411 e. The summed E-state index contributed by atoms with van der Waals surface area (Å²) in [6.45, 7) is 2.25. The van der Waals surface area contributed by atoms with Crippen LogP contribution in [-0.2, 0) is 20.7 Å². The molecule has 3 fully saturated rings. The molecule has 3 aromatic carbocycles. The first-order chi connectivity index (χ1) is 20.8. The van der Waals surface area contributed by atoms with Crippen LogP contribution in [-0.4, -0.2) is 73.9 Å². The molecule has 0 radical (unpaired) electrons. The SMILES string of the molecule is CCOc1cc(NC(=O)CCc2ccc(-c3ccccc3)c(NC(=O)O[C@@H]3C[C@@H]4[C@H]5O[C@H]5[C@H](C3)[N+]4(C)C)c2)ccc1C=O.[I-]. The lowest BCUT2D eigenvalue weighted by atomic mass is 9.96. The van der Waals surface area contributed by atoms with E-state index >= 15 is 0 Å². The molecule has 3 aliphatic rings. The molecule has 2 bridgehead atoms. The van der Waals surface area contributed by atoms with Gasteiger partial charge in [-0.1, -0.05) is 42.5 Å². The maximum atomic E-state index is 13.2. The fourth-order valence-corrected chi connectivity index (χ4v) is 6.78. The molecule has 5 atom stereocenters. The van der Waals surface area contributed by atoms with E-state index in [1.807, 2.05) is 55.5 Å². The number of piperidine rings is 1. The van der Waals surface area contributed by atoms with Crippen molar-refractivity contribution in [2.24, 2.45) is 0 Å². The Bertz CT molecular complexity index is 1510. The van der Waals surface area contributed by atoms with E-state index in [0.29, 0.717) is 47.8 Å². The zero-order valence-corrected chi connectivity index (χ0v) is 27.3. The van der Waals surface area contributed by atoms with Gasteiger partial charge in [0.05, 0.1) is 32.0 Å². The van der Waals surface area contributed by atoms with Gasteiger partial charge in [-0.15, -0.1) is 0 Å². The van der Waals surface area contributed by atoms with Gasteiger partial charge in [0.15, 0.2) is 6.29 Å². The van der Waals surface area contributed by atoms with Gasteiger partial charge in [-0.25, -0.2) is 4.79 Å². The molecule has 232 valence electrons. The lowest BCUT2D eigenvalue weighted by Gasteiger charge is -2.45. The molecule has 0 aliphatic carbocycles. The van der Waals surface area contributed by atoms with Gasteiger partial charge in [-0.05, 0) is 42.7 Å². The number of aryl methyl sites for hydroxylation is 1. The topological polar surface area (TPSA) is 106 Å².